The van der Waals surface area contributed by atoms with Crippen molar-refractivity contribution in [2.45, 2.75) is 12.8 Å². The molecular weight excluding hydrogens is 232 g/mol. The zero-order chi connectivity index (χ0) is 13.4. The zero-order valence-electron chi connectivity index (χ0n) is 10.4. The summed E-state index contributed by atoms with van der Waals surface area (Å²) in [4.78, 5) is 22.1. The van der Waals surface area contributed by atoms with Gasteiger partial charge in [0, 0.05) is 19.5 Å². The van der Waals surface area contributed by atoms with Gasteiger partial charge in [-0.15, -0.1) is 0 Å². The molecule has 0 spiro atoms. The van der Waals surface area contributed by atoms with Crippen molar-refractivity contribution in [3.63, 3.8) is 0 Å². The lowest BCUT2D eigenvalue weighted by Crippen LogP contribution is -2.28. The average Bonchev–Trinajstić information content (AvgIpc) is 2.36. The Labute approximate surface area is 106 Å². The highest BCUT2D eigenvalue weighted by Gasteiger charge is 2.04. The number of benzene rings is 1. The predicted octanol–water partition coefficient (Wildman–Crippen LogP) is 0.653. The summed E-state index contributed by atoms with van der Waals surface area (Å²) < 4.78 is 0. The second kappa shape index (κ2) is 7.45. The van der Waals surface area contributed by atoms with Crippen LogP contribution in [0, 0.1) is 0 Å². The molecule has 3 N–H and O–H groups in total. The lowest BCUT2D eigenvalue weighted by Gasteiger charge is -2.05. The first kappa shape index (κ1) is 14.2. The van der Waals surface area contributed by atoms with Crippen LogP contribution in [0.1, 0.15) is 22.3 Å². The topological polar surface area (TPSA) is 78.4 Å². The smallest absolute Gasteiger partial charge is 0.335 e. The first-order valence-corrected chi connectivity index (χ1v) is 5.87. The summed E-state index contributed by atoms with van der Waals surface area (Å²) in [6.07, 6.45) is 1.08. The van der Waals surface area contributed by atoms with Gasteiger partial charge in [-0.05, 0) is 31.2 Å². The Balaban J connectivity index is 2.37. The number of hydrogen-bond donors (Lipinski definition) is 3. The molecule has 18 heavy (non-hydrogen) atoms. The molecule has 0 radical (unpaired) electrons. The molecular formula is C13H18N2O3. The van der Waals surface area contributed by atoms with Gasteiger partial charge in [-0.25, -0.2) is 4.79 Å². The largest absolute Gasteiger partial charge is 0.478 e. The van der Waals surface area contributed by atoms with Crippen molar-refractivity contribution < 1.29 is 14.7 Å². The second-order valence-electron chi connectivity index (χ2n) is 3.96. The van der Waals surface area contributed by atoms with Gasteiger partial charge in [-0.3, -0.25) is 4.79 Å². The van der Waals surface area contributed by atoms with E-state index >= 15 is 0 Å². The van der Waals surface area contributed by atoms with E-state index in [4.69, 9.17) is 5.11 Å². The van der Waals surface area contributed by atoms with Gasteiger partial charge in [0.2, 0.25) is 5.91 Å². The molecule has 0 aromatic heterocycles. The molecule has 98 valence electrons. The van der Waals surface area contributed by atoms with E-state index in [0.717, 1.165) is 5.56 Å². The molecule has 0 aliphatic heterocycles. The standard InChI is InChI=1S/C13H18N2O3/c1-14-7-6-12(16)15-8-5-10-3-2-4-11(9-10)13(17)18/h2-4,9,14H,5-8H2,1H3,(H,15,16)(H,17,18). The molecule has 1 aromatic rings. The minimum absolute atomic E-state index is 0.00117. The third kappa shape index (κ3) is 4.97. The Morgan fingerprint density at radius 3 is 2.72 bits per heavy atom. The molecule has 0 saturated carbocycles. The molecule has 5 heteroatoms. The first-order chi connectivity index (χ1) is 8.63. The summed E-state index contributed by atoms with van der Waals surface area (Å²) in [7, 11) is 1.80. The Kier molecular flexibility index (Phi) is 5.87. The van der Waals surface area contributed by atoms with Crippen LogP contribution in [0.15, 0.2) is 24.3 Å². The van der Waals surface area contributed by atoms with Gasteiger partial charge < -0.3 is 15.7 Å². The van der Waals surface area contributed by atoms with Crippen molar-refractivity contribution in [2.75, 3.05) is 20.1 Å². The van der Waals surface area contributed by atoms with Crippen molar-refractivity contribution in [1.29, 1.82) is 0 Å². The predicted molar refractivity (Wildman–Crippen MR) is 68.7 cm³/mol. The number of carboxylic acid groups (broad SMARTS) is 1. The van der Waals surface area contributed by atoms with Gasteiger partial charge in [0.05, 0.1) is 5.56 Å². The van der Waals surface area contributed by atoms with Crippen LogP contribution in [-0.4, -0.2) is 37.1 Å². The summed E-state index contributed by atoms with van der Waals surface area (Å²) in [5.41, 5.74) is 1.18. The molecule has 0 heterocycles. The maximum Gasteiger partial charge on any atom is 0.335 e. The first-order valence-electron chi connectivity index (χ1n) is 5.87. The van der Waals surface area contributed by atoms with Crippen molar-refractivity contribution in [2.24, 2.45) is 0 Å². The monoisotopic (exact) mass is 250 g/mol. The van der Waals surface area contributed by atoms with E-state index < -0.39 is 5.97 Å². The Hall–Kier alpha value is -1.88. The van der Waals surface area contributed by atoms with Crippen LogP contribution in [0.25, 0.3) is 0 Å². The molecule has 0 atom stereocenters. The van der Waals surface area contributed by atoms with Gasteiger partial charge in [0.25, 0.3) is 0 Å². The minimum atomic E-state index is -0.935. The van der Waals surface area contributed by atoms with Crippen molar-refractivity contribution in [3.8, 4) is 0 Å². The van der Waals surface area contributed by atoms with Crippen molar-refractivity contribution in [3.05, 3.63) is 35.4 Å². The Morgan fingerprint density at radius 2 is 2.06 bits per heavy atom. The fraction of sp³-hybridized carbons (Fsp3) is 0.385. The highest BCUT2D eigenvalue weighted by Crippen LogP contribution is 2.05. The molecule has 1 rings (SSSR count). The van der Waals surface area contributed by atoms with E-state index in [9.17, 15) is 9.59 Å². The molecule has 0 aliphatic carbocycles. The quantitative estimate of drug-likeness (QED) is 0.664. The van der Waals surface area contributed by atoms with Crippen LogP contribution in [0.5, 0.6) is 0 Å². The Bertz CT molecular complexity index is 418. The molecule has 0 aliphatic rings. The van der Waals surface area contributed by atoms with Crippen LogP contribution in [0.2, 0.25) is 0 Å². The molecule has 0 unspecified atom stereocenters. The molecule has 1 aromatic carbocycles. The van der Waals surface area contributed by atoms with Gasteiger partial charge >= 0.3 is 5.97 Å². The third-order valence-electron chi connectivity index (χ3n) is 2.51. The summed E-state index contributed by atoms with van der Waals surface area (Å²) in [6, 6.07) is 6.74. The summed E-state index contributed by atoms with van der Waals surface area (Å²) in [5, 5.41) is 14.5. The number of carbonyl (C=O) groups excluding carboxylic acids is 1. The molecule has 0 bridgehead atoms. The van der Waals surface area contributed by atoms with Gasteiger partial charge in [-0.1, -0.05) is 12.1 Å². The van der Waals surface area contributed by atoms with Gasteiger partial charge in [0.15, 0.2) is 0 Å². The number of rotatable bonds is 7. The second-order valence-corrected chi connectivity index (χ2v) is 3.96. The van der Waals surface area contributed by atoms with E-state index in [0.29, 0.717) is 25.9 Å². The summed E-state index contributed by atoms with van der Waals surface area (Å²) >= 11 is 0. The van der Waals surface area contributed by atoms with E-state index in [1.54, 1.807) is 25.2 Å². The molecule has 1 amide bonds. The number of carbonyl (C=O) groups is 2. The lowest BCUT2D eigenvalue weighted by molar-refractivity contribution is -0.120. The van der Waals surface area contributed by atoms with E-state index in [2.05, 4.69) is 10.6 Å². The summed E-state index contributed by atoms with van der Waals surface area (Å²) in [5.74, 6) is -0.936. The highest BCUT2D eigenvalue weighted by molar-refractivity contribution is 5.87. The number of hydrogen-bond acceptors (Lipinski definition) is 3. The van der Waals surface area contributed by atoms with Gasteiger partial charge in [-0.2, -0.15) is 0 Å². The SMILES string of the molecule is CNCCC(=O)NCCc1cccc(C(=O)O)c1. The number of carboxylic acids is 1. The minimum Gasteiger partial charge on any atom is -0.478 e. The number of nitrogens with one attached hydrogen (secondary N) is 2. The molecule has 0 saturated heterocycles. The lowest BCUT2D eigenvalue weighted by atomic mass is 10.1. The van der Waals surface area contributed by atoms with E-state index in [1.807, 2.05) is 6.07 Å². The van der Waals surface area contributed by atoms with Crippen molar-refractivity contribution in [1.82, 2.24) is 10.6 Å². The third-order valence-corrected chi connectivity index (χ3v) is 2.51. The van der Waals surface area contributed by atoms with Crippen LogP contribution < -0.4 is 10.6 Å². The molecule has 5 nitrogen and oxygen atoms in total. The van der Waals surface area contributed by atoms with Crippen LogP contribution in [-0.2, 0) is 11.2 Å². The maximum absolute atomic E-state index is 11.3. The number of amides is 1. The van der Waals surface area contributed by atoms with Crippen LogP contribution >= 0.6 is 0 Å². The Morgan fingerprint density at radius 1 is 1.28 bits per heavy atom. The van der Waals surface area contributed by atoms with Crippen LogP contribution in [0.3, 0.4) is 0 Å². The normalized spacial score (nSPS) is 10.1. The fourth-order valence-corrected chi connectivity index (χ4v) is 1.53. The summed E-state index contributed by atoms with van der Waals surface area (Å²) in [6.45, 7) is 1.17. The van der Waals surface area contributed by atoms with E-state index in [-0.39, 0.29) is 11.5 Å². The maximum atomic E-state index is 11.3. The van der Waals surface area contributed by atoms with Crippen LogP contribution in [0.4, 0.5) is 0 Å². The zero-order valence-corrected chi connectivity index (χ0v) is 10.4. The fourth-order valence-electron chi connectivity index (χ4n) is 1.53. The average molecular weight is 250 g/mol. The van der Waals surface area contributed by atoms with E-state index in [1.165, 1.54) is 0 Å². The molecule has 0 fully saturated rings. The van der Waals surface area contributed by atoms with Crippen molar-refractivity contribution >= 4 is 11.9 Å². The number of aromatic carboxylic acids is 1. The highest BCUT2D eigenvalue weighted by atomic mass is 16.4. The van der Waals surface area contributed by atoms with Gasteiger partial charge in [0.1, 0.15) is 0 Å².